The minimum absolute atomic E-state index is 0.0740. The Morgan fingerprint density at radius 3 is 2.32 bits per heavy atom. The third-order valence-corrected chi connectivity index (χ3v) is 8.38. The average Bonchev–Trinajstić information content (AvgIpc) is 3.42. The van der Waals surface area contributed by atoms with Crippen molar-refractivity contribution >= 4 is 11.4 Å². The van der Waals surface area contributed by atoms with Crippen molar-refractivity contribution in [2.45, 2.75) is 46.1 Å². The fourth-order valence-corrected chi connectivity index (χ4v) is 5.99. The standard InChI is InChI=1S/C32H35F4N5O3/c1-18-15-27(44-4)25(32(43)38-18)17-37-31(42)24-16-26-23(21-5-7-22(33)8-6-21)9-10-41(26)28(19(24)2)20(3)39-11-13-40(14-12-39)30(36)29(34)35/h5-10,15-16,20,29-30H,11-14,17H2,1-4H3,(H,37,42)(H,38,43). The van der Waals surface area contributed by atoms with Crippen molar-refractivity contribution in [3.63, 3.8) is 0 Å². The number of fused-ring (bicyclic) bond motifs is 1. The summed E-state index contributed by atoms with van der Waals surface area (Å²) in [6.07, 6.45) is -3.50. The molecule has 0 radical (unpaired) electrons. The second-order valence-corrected chi connectivity index (χ2v) is 11.0. The van der Waals surface area contributed by atoms with Crippen LogP contribution in [0.1, 0.15) is 45.8 Å². The molecule has 0 aliphatic carbocycles. The van der Waals surface area contributed by atoms with Gasteiger partial charge < -0.3 is 19.4 Å². The summed E-state index contributed by atoms with van der Waals surface area (Å²) >= 11 is 0. The van der Waals surface area contributed by atoms with Gasteiger partial charge in [-0.1, -0.05) is 12.1 Å². The third-order valence-electron chi connectivity index (χ3n) is 8.38. The molecule has 2 atom stereocenters. The lowest BCUT2D eigenvalue weighted by Crippen LogP contribution is -2.51. The van der Waals surface area contributed by atoms with Crippen LogP contribution < -0.4 is 15.6 Å². The van der Waals surface area contributed by atoms with Crippen LogP contribution in [0, 0.1) is 19.7 Å². The molecule has 1 aromatic carbocycles. The smallest absolute Gasteiger partial charge is 0.282 e. The first kappa shape index (κ1) is 31.3. The number of hydrogen-bond donors (Lipinski definition) is 2. The second kappa shape index (κ2) is 12.8. The third kappa shape index (κ3) is 6.09. The Kier molecular flexibility index (Phi) is 9.12. The molecule has 12 heteroatoms. The lowest BCUT2D eigenvalue weighted by atomic mass is 9.98. The normalized spacial score (nSPS) is 15.9. The van der Waals surface area contributed by atoms with Gasteiger partial charge >= 0.3 is 0 Å². The number of benzene rings is 1. The molecular weight excluding hydrogens is 578 g/mol. The van der Waals surface area contributed by atoms with Gasteiger partial charge in [0.2, 0.25) is 6.30 Å². The monoisotopic (exact) mass is 613 g/mol. The van der Waals surface area contributed by atoms with Crippen molar-refractivity contribution in [3.8, 4) is 16.9 Å². The maximum atomic E-state index is 14.0. The highest BCUT2D eigenvalue weighted by Gasteiger charge is 2.33. The first-order valence-electron chi connectivity index (χ1n) is 14.4. The van der Waals surface area contributed by atoms with Gasteiger partial charge in [0.05, 0.1) is 24.7 Å². The van der Waals surface area contributed by atoms with Crippen LogP contribution in [0.4, 0.5) is 17.6 Å². The van der Waals surface area contributed by atoms with E-state index in [-0.39, 0.29) is 42.6 Å². The molecule has 1 saturated heterocycles. The van der Waals surface area contributed by atoms with Crippen LogP contribution in [-0.4, -0.2) is 71.1 Å². The maximum Gasteiger partial charge on any atom is 0.282 e. The zero-order chi connectivity index (χ0) is 31.7. The molecule has 1 amide bonds. The van der Waals surface area contributed by atoms with Crippen LogP contribution in [0.15, 0.2) is 53.5 Å². The van der Waals surface area contributed by atoms with Gasteiger partial charge in [0.15, 0.2) is 0 Å². The van der Waals surface area contributed by atoms with Gasteiger partial charge in [-0.15, -0.1) is 0 Å². The number of carbonyl (C=O) groups is 1. The number of aryl methyl sites for hydroxylation is 1. The van der Waals surface area contributed by atoms with E-state index in [0.717, 1.165) is 21.7 Å². The Bertz CT molecular complexity index is 1710. The molecule has 2 unspecified atom stereocenters. The molecule has 0 saturated carbocycles. The number of carbonyl (C=O) groups excluding carboxylic acids is 1. The lowest BCUT2D eigenvalue weighted by Gasteiger charge is -2.39. The van der Waals surface area contributed by atoms with Crippen LogP contribution in [0.2, 0.25) is 0 Å². The summed E-state index contributed by atoms with van der Waals surface area (Å²) in [5.41, 5.74) is 4.65. The number of rotatable bonds is 9. The Morgan fingerprint density at radius 2 is 1.68 bits per heavy atom. The molecule has 1 aliphatic rings. The topological polar surface area (TPSA) is 82.1 Å². The van der Waals surface area contributed by atoms with Crippen molar-refractivity contribution in [2.24, 2.45) is 0 Å². The Hall–Kier alpha value is -4.16. The van der Waals surface area contributed by atoms with Gasteiger partial charge in [0.25, 0.3) is 17.9 Å². The summed E-state index contributed by atoms with van der Waals surface area (Å²) in [7, 11) is 1.45. The molecule has 8 nitrogen and oxygen atoms in total. The van der Waals surface area contributed by atoms with E-state index in [1.54, 1.807) is 31.2 Å². The molecule has 4 heterocycles. The number of piperazine rings is 1. The second-order valence-electron chi connectivity index (χ2n) is 11.0. The van der Waals surface area contributed by atoms with Gasteiger partial charge in [-0.25, -0.2) is 17.6 Å². The fourth-order valence-electron chi connectivity index (χ4n) is 5.99. The number of ether oxygens (including phenoxy) is 1. The van der Waals surface area contributed by atoms with Gasteiger partial charge in [-0.2, -0.15) is 0 Å². The molecule has 1 aliphatic heterocycles. The molecule has 1 fully saturated rings. The Morgan fingerprint density at radius 1 is 1.02 bits per heavy atom. The first-order valence-corrected chi connectivity index (χ1v) is 14.4. The van der Waals surface area contributed by atoms with Crippen molar-refractivity contribution in [1.82, 2.24) is 24.5 Å². The number of nitrogens with one attached hydrogen (secondary N) is 2. The van der Waals surface area contributed by atoms with E-state index in [4.69, 9.17) is 4.74 Å². The van der Waals surface area contributed by atoms with E-state index < -0.39 is 18.6 Å². The minimum Gasteiger partial charge on any atom is -0.496 e. The maximum absolute atomic E-state index is 14.0. The molecule has 234 valence electrons. The number of amides is 1. The SMILES string of the molecule is COc1cc(C)[nH]c(=O)c1CNC(=O)c1cc2c(-c3ccc(F)cc3)ccn2c(C(C)N2CCN(C(F)C(F)F)CC2)c1C. The average molecular weight is 614 g/mol. The molecular formula is C32H35F4N5O3. The fraction of sp³-hybridized carbons (Fsp3) is 0.375. The molecule has 4 aromatic rings. The van der Waals surface area contributed by atoms with Crippen LogP contribution in [0.5, 0.6) is 5.75 Å². The van der Waals surface area contributed by atoms with Crippen LogP contribution in [0.3, 0.4) is 0 Å². The summed E-state index contributed by atoms with van der Waals surface area (Å²) in [6, 6.07) is 11.1. The number of H-pyrrole nitrogens is 1. The number of aromatic nitrogens is 2. The van der Waals surface area contributed by atoms with E-state index >= 15 is 0 Å². The quantitative estimate of drug-likeness (QED) is 0.200. The van der Waals surface area contributed by atoms with Gasteiger partial charge in [-0.05, 0) is 62.2 Å². The summed E-state index contributed by atoms with van der Waals surface area (Å²) in [4.78, 5) is 32.3. The predicted octanol–water partition coefficient (Wildman–Crippen LogP) is 5.23. The summed E-state index contributed by atoms with van der Waals surface area (Å²) < 4.78 is 61.0. The molecule has 2 N–H and O–H groups in total. The number of methoxy groups -OCH3 is 1. The van der Waals surface area contributed by atoms with E-state index in [2.05, 4.69) is 15.2 Å². The van der Waals surface area contributed by atoms with Crippen molar-refractivity contribution in [2.75, 3.05) is 33.3 Å². The predicted molar refractivity (Wildman–Crippen MR) is 160 cm³/mol. The number of alkyl halides is 3. The van der Waals surface area contributed by atoms with E-state index in [1.807, 2.05) is 30.5 Å². The van der Waals surface area contributed by atoms with Gasteiger partial charge in [0, 0.05) is 60.9 Å². The van der Waals surface area contributed by atoms with Gasteiger partial charge in [0.1, 0.15) is 11.6 Å². The molecule has 44 heavy (non-hydrogen) atoms. The van der Waals surface area contributed by atoms with Crippen molar-refractivity contribution in [1.29, 1.82) is 0 Å². The highest BCUT2D eigenvalue weighted by molar-refractivity contribution is 5.98. The van der Waals surface area contributed by atoms with Crippen LogP contribution in [0.25, 0.3) is 16.6 Å². The number of pyridine rings is 2. The van der Waals surface area contributed by atoms with E-state index in [0.29, 0.717) is 41.2 Å². The minimum atomic E-state index is -3.07. The summed E-state index contributed by atoms with van der Waals surface area (Å²) in [5, 5.41) is 2.86. The van der Waals surface area contributed by atoms with Crippen LogP contribution in [-0.2, 0) is 6.54 Å². The number of hydrogen-bond acceptors (Lipinski definition) is 5. The number of halogens is 4. The zero-order valence-electron chi connectivity index (χ0n) is 25.0. The van der Waals surface area contributed by atoms with Crippen molar-refractivity contribution in [3.05, 3.63) is 92.9 Å². The largest absolute Gasteiger partial charge is 0.496 e. The highest BCUT2D eigenvalue weighted by Crippen LogP contribution is 2.34. The molecule has 3 aromatic heterocycles. The zero-order valence-corrected chi connectivity index (χ0v) is 25.0. The van der Waals surface area contributed by atoms with Crippen molar-refractivity contribution < 1.29 is 27.1 Å². The Labute approximate surface area is 252 Å². The summed E-state index contributed by atoms with van der Waals surface area (Å²) in [5.74, 6) is -0.418. The number of aromatic amines is 1. The Balaban J connectivity index is 1.53. The van der Waals surface area contributed by atoms with E-state index in [9.17, 15) is 27.2 Å². The number of nitrogens with zero attached hydrogens (tertiary/aromatic N) is 3. The first-order chi connectivity index (χ1) is 21.0. The molecule has 5 rings (SSSR count). The molecule has 0 bridgehead atoms. The summed E-state index contributed by atoms with van der Waals surface area (Å²) in [6.45, 7) is 6.44. The highest BCUT2D eigenvalue weighted by atomic mass is 19.3. The van der Waals surface area contributed by atoms with Gasteiger partial charge in [-0.3, -0.25) is 19.4 Å². The lowest BCUT2D eigenvalue weighted by molar-refractivity contribution is -0.0688. The van der Waals surface area contributed by atoms with Crippen LogP contribution >= 0.6 is 0 Å². The molecule has 0 spiro atoms. The van der Waals surface area contributed by atoms with E-state index in [1.165, 1.54) is 19.2 Å².